The van der Waals surface area contributed by atoms with Crippen LogP contribution in [0.2, 0.25) is 0 Å². The molecule has 0 amide bonds. The van der Waals surface area contributed by atoms with Gasteiger partial charge in [0.25, 0.3) is 0 Å². The molecule has 0 radical (unpaired) electrons. The van der Waals surface area contributed by atoms with Crippen molar-refractivity contribution in [3.05, 3.63) is 7.43 Å². The van der Waals surface area contributed by atoms with E-state index >= 15 is 0 Å². The van der Waals surface area contributed by atoms with Crippen LogP contribution >= 0.6 is 0 Å². The Bertz CT molecular complexity index is 91.4. The standard InChI is InChI=1S/C7H13N.CH3.K/c1-2-7(1)3-5-8-6-4-7;;/h8H,1-6H2;1H3;/q;-1;+1. The van der Waals surface area contributed by atoms with E-state index in [1.165, 1.54) is 38.8 Å². The third-order valence-electron chi connectivity index (χ3n) is 2.62. The van der Waals surface area contributed by atoms with Gasteiger partial charge in [-0.25, -0.2) is 0 Å². The van der Waals surface area contributed by atoms with Gasteiger partial charge in [0, 0.05) is 0 Å². The largest absolute Gasteiger partial charge is 1.00 e. The minimum absolute atomic E-state index is 0. The summed E-state index contributed by atoms with van der Waals surface area (Å²) in [6.45, 7) is 2.56. The molecule has 0 aromatic carbocycles. The zero-order valence-corrected chi connectivity index (χ0v) is 10.4. The van der Waals surface area contributed by atoms with E-state index in [0.29, 0.717) is 0 Å². The van der Waals surface area contributed by atoms with Crippen molar-refractivity contribution in [3.63, 3.8) is 0 Å². The molecule has 1 saturated heterocycles. The molecule has 0 aromatic heterocycles. The summed E-state index contributed by atoms with van der Waals surface area (Å²) in [6.07, 6.45) is 5.95. The van der Waals surface area contributed by atoms with E-state index in [1.54, 1.807) is 0 Å². The summed E-state index contributed by atoms with van der Waals surface area (Å²) in [5, 5.41) is 3.38. The van der Waals surface area contributed by atoms with Gasteiger partial charge in [-0.3, -0.25) is 0 Å². The molecule has 2 rings (SSSR count). The van der Waals surface area contributed by atoms with Gasteiger partial charge in [-0.05, 0) is 44.2 Å². The van der Waals surface area contributed by atoms with Crippen LogP contribution in [0.4, 0.5) is 0 Å². The predicted octanol–water partition coefficient (Wildman–Crippen LogP) is -1.40. The molecule has 2 aliphatic rings. The maximum Gasteiger partial charge on any atom is 1.00 e. The van der Waals surface area contributed by atoms with Crippen LogP contribution in [0, 0.1) is 12.8 Å². The van der Waals surface area contributed by atoms with Gasteiger partial charge >= 0.3 is 51.4 Å². The van der Waals surface area contributed by atoms with Crippen LogP contribution in [0.15, 0.2) is 0 Å². The number of rotatable bonds is 0. The van der Waals surface area contributed by atoms with Crippen LogP contribution in [0.5, 0.6) is 0 Å². The Morgan fingerprint density at radius 3 is 1.70 bits per heavy atom. The van der Waals surface area contributed by atoms with Crippen LogP contribution in [-0.4, -0.2) is 13.1 Å². The Morgan fingerprint density at radius 2 is 1.40 bits per heavy atom. The molecule has 0 bridgehead atoms. The first-order valence-electron chi connectivity index (χ1n) is 3.62. The molecule has 0 atom stereocenters. The molecule has 1 heterocycles. The van der Waals surface area contributed by atoms with Crippen molar-refractivity contribution in [2.75, 3.05) is 13.1 Å². The summed E-state index contributed by atoms with van der Waals surface area (Å²) in [5.74, 6) is 0. The summed E-state index contributed by atoms with van der Waals surface area (Å²) in [7, 11) is 0. The zero-order chi connectivity index (χ0) is 5.45. The summed E-state index contributed by atoms with van der Waals surface area (Å²) < 4.78 is 0. The van der Waals surface area contributed by atoms with E-state index in [1.807, 2.05) is 0 Å². The summed E-state index contributed by atoms with van der Waals surface area (Å²) in [6, 6.07) is 0. The first-order valence-corrected chi connectivity index (χ1v) is 3.62. The summed E-state index contributed by atoms with van der Waals surface area (Å²) in [5.41, 5.74) is 0.866. The minimum atomic E-state index is 0. The first-order chi connectivity index (χ1) is 3.91. The van der Waals surface area contributed by atoms with Gasteiger partial charge < -0.3 is 12.7 Å². The van der Waals surface area contributed by atoms with Gasteiger partial charge in [0.05, 0.1) is 0 Å². The summed E-state index contributed by atoms with van der Waals surface area (Å²) >= 11 is 0. The molecule has 0 aromatic rings. The Labute approximate surface area is 107 Å². The molecule has 1 spiro atoms. The first kappa shape index (κ1) is 11.6. The van der Waals surface area contributed by atoms with Crippen molar-refractivity contribution in [3.8, 4) is 0 Å². The zero-order valence-electron chi connectivity index (χ0n) is 7.24. The van der Waals surface area contributed by atoms with E-state index in [0.717, 1.165) is 5.41 Å². The average molecular weight is 165 g/mol. The predicted molar refractivity (Wildman–Crippen MR) is 40.2 cm³/mol. The Kier molecular flexibility index (Phi) is 5.31. The molecule has 2 fully saturated rings. The van der Waals surface area contributed by atoms with E-state index < -0.39 is 0 Å². The second kappa shape index (κ2) is 4.58. The molecular formula is C8H16KN. The van der Waals surface area contributed by atoms with Crippen molar-refractivity contribution in [1.82, 2.24) is 5.32 Å². The molecule has 0 unspecified atom stereocenters. The van der Waals surface area contributed by atoms with Crippen LogP contribution < -0.4 is 56.7 Å². The van der Waals surface area contributed by atoms with Crippen molar-refractivity contribution >= 4 is 0 Å². The van der Waals surface area contributed by atoms with Crippen LogP contribution in [0.1, 0.15) is 25.7 Å². The van der Waals surface area contributed by atoms with E-state index in [9.17, 15) is 0 Å². The fourth-order valence-corrected chi connectivity index (χ4v) is 1.63. The third-order valence-corrected chi connectivity index (χ3v) is 2.62. The molecule has 1 nitrogen and oxygen atoms in total. The van der Waals surface area contributed by atoms with Gasteiger partial charge in [-0.15, -0.1) is 0 Å². The van der Waals surface area contributed by atoms with Gasteiger partial charge in [-0.1, -0.05) is 0 Å². The number of hydrogen-bond acceptors (Lipinski definition) is 1. The number of hydrogen-bond donors (Lipinski definition) is 1. The van der Waals surface area contributed by atoms with Crippen molar-refractivity contribution in [1.29, 1.82) is 0 Å². The van der Waals surface area contributed by atoms with Gasteiger partial charge in [0.15, 0.2) is 0 Å². The van der Waals surface area contributed by atoms with Crippen LogP contribution in [0.25, 0.3) is 0 Å². The van der Waals surface area contributed by atoms with Crippen molar-refractivity contribution in [2.24, 2.45) is 5.41 Å². The molecule has 2 heteroatoms. The van der Waals surface area contributed by atoms with E-state index in [-0.39, 0.29) is 58.8 Å². The van der Waals surface area contributed by atoms with Gasteiger partial charge in [0.1, 0.15) is 0 Å². The molecular weight excluding hydrogens is 149 g/mol. The SMILES string of the molecule is C1CC2(CCN1)CC2.[CH3-].[K+]. The van der Waals surface area contributed by atoms with Crippen molar-refractivity contribution in [2.45, 2.75) is 25.7 Å². The normalized spacial score (nSPS) is 26.4. The van der Waals surface area contributed by atoms with E-state index in [2.05, 4.69) is 5.32 Å². The second-order valence-corrected chi connectivity index (χ2v) is 3.25. The van der Waals surface area contributed by atoms with Crippen LogP contribution in [-0.2, 0) is 0 Å². The maximum atomic E-state index is 3.38. The van der Waals surface area contributed by atoms with Crippen molar-refractivity contribution < 1.29 is 51.4 Å². The number of nitrogens with one attached hydrogen (secondary N) is 1. The molecule has 1 N–H and O–H groups in total. The minimum Gasteiger partial charge on any atom is -0.358 e. The molecule has 54 valence electrons. The van der Waals surface area contributed by atoms with Gasteiger partial charge in [-0.2, -0.15) is 0 Å². The Balaban J connectivity index is 0.000000405. The van der Waals surface area contributed by atoms with Gasteiger partial charge in [0.2, 0.25) is 0 Å². The average Bonchev–Trinajstić information content (AvgIpc) is 2.52. The Morgan fingerprint density at radius 1 is 0.900 bits per heavy atom. The topological polar surface area (TPSA) is 12.0 Å². The number of piperidine rings is 1. The molecule has 10 heavy (non-hydrogen) atoms. The molecule has 1 saturated carbocycles. The Hall–Kier alpha value is 1.60. The monoisotopic (exact) mass is 165 g/mol. The third kappa shape index (κ3) is 2.57. The molecule has 1 aliphatic heterocycles. The second-order valence-electron chi connectivity index (χ2n) is 3.25. The summed E-state index contributed by atoms with van der Waals surface area (Å²) in [4.78, 5) is 0. The van der Waals surface area contributed by atoms with Crippen LogP contribution in [0.3, 0.4) is 0 Å². The fourth-order valence-electron chi connectivity index (χ4n) is 1.63. The quantitative estimate of drug-likeness (QED) is 0.344. The fraction of sp³-hybridized carbons (Fsp3) is 0.875. The van der Waals surface area contributed by atoms with E-state index in [4.69, 9.17) is 0 Å². The smallest absolute Gasteiger partial charge is 0.358 e. The molecule has 1 aliphatic carbocycles. The maximum absolute atomic E-state index is 3.38.